The summed E-state index contributed by atoms with van der Waals surface area (Å²) in [6.45, 7) is 5.51. The average Bonchev–Trinajstić information content (AvgIpc) is 2.84. The number of ether oxygens (including phenoxy) is 1. The van der Waals surface area contributed by atoms with E-state index in [2.05, 4.69) is 0 Å². The van der Waals surface area contributed by atoms with E-state index in [4.69, 9.17) is 20.1 Å². The van der Waals surface area contributed by atoms with Crippen molar-refractivity contribution in [2.75, 3.05) is 5.73 Å². The van der Waals surface area contributed by atoms with Crippen LogP contribution in [0.3, 0.4) is 0 Å². The molecule has 1 aromatic carbocycles. The Hall–Kier alpha value is -2.74. The predicted octanol–water partition coefficient (Wildman–Crippen LogP) is 3.47. The van der Waals surface area contributed by atoms with Crippen LogP contribution < -0.4 is 5.73 Å². The van der Waals surface area contributed by atoms with Gasteiger partial charge in [0.25, 0.3) is 0 Å². The molecule has 0 saturated carbocycles. The van der Waals surface area contributed by atoms with Gasteiger partial charge in [0.15, 0.2) is 0 Å². The van der Waals surface area contributed by atoms with Gasteiger partial charge in [0, 0.05) is 5.56 Å². The molecule has 0 unspecified atom stereocenters. The number of carbonyl (C=O) groups excluding carboxylic acids is 1. The van der Waals surface area contributed by atoms with E-state index in [1.54, 1.807) is 12.1 Å². The van der Waals surface area contributed by atoms with Crippen LogP contribution in [0.25, 0.3) is 0 Å². The standard InChI is InChI=1S/C18H20N2O3/c1-18(2,3)23-17(21)13-7-4-12(5-8-13)6-9-14-11-22-16(20)15(14)10-19/h4-5,7-8,11H,6,9,20H2,1-3H3. The summed E-state index contributed by atoms with van der Waals surface area (Å²) < 4.78 is 10.4. The number of esters is 1. The van der Waals surface area contributed by atoms with Crippen LogP contribution in [0.15, 0.2) is 34.9 Å². The minimum Gasteiger partial charge on any atom is -0.456 e. The van der Waals surface area contributed by atoms with Crippen molar-refractivity contribution in [3.8, 4) is 6.07 Å². The fourth-order valence-corrected chi connectivity index (χ4v) is 2.15. The van der Waals surface area contributed by atoms with E-state index >= 15 is 0 Å². The number of nitriles is 1. The van der Waals surface area contributed by atoms with Gasteiger partial charge < -0.3 is 14.9 Å². The lowest BCUT2D eigenvalue weighted by molar-refractivity contribution is 0.00695. The SMILES string of the molecule is CC(C)(C)OC(=O)c1ccc(CCc2coc(N)c2C#N)cc1. The molecule has 2 aromatic rings. The zero-order valence-corrected chi connectivity index (χ0v) is 13.6. The number of anilines is 1. The molecule has 0 atom stereocenters. The number of nitrogens with two attached hydrogens (primary N) is 1. The summed E-state index contributed by atoms with van der Waals surface area (Å²) in [7, 11) is 0. The van der Waals surface area contributed by atoms with E-state index in [1.807, 2.05) is 39.0 Å². The molecule has 1 heterocycles. The van der Waals surface area contributed by atoms with E-state index in [0.717, 1.165) is 17.5 Å². The fourth-order valence-electron chi connectivity index (χ4n) is 2.15. The third-order valence-corrected chi connectivity index (χ3v) is 3.28. The molecule has 5 nitrogen and oxygen atoms in total. The van der Waals surface area contributed by atoms with Gasteiger partial charge in [-0.2, -0.15) is 5.26 Å². The molecule has 0 aliphatic carbocycles. The van der Waals surface area contributed by atoms with Crippen molar-refractivity contribution in [3.05, 3.63) is 52.8 Å². The zero-order valence-electron chi connectivity index (χ0n) is 13.6. The van der Waals surface area contributed by atoms with Gasteiger partial charge in [-0.15, -0.1) is 0 Å². The normalized spacial score (nSPS) is 11.0. The monoisotopic (exact) mass is 312 g/mol. The smallest absolute Gasteiger partial charge is 0.338 e. The van der Waals surface area contributed by atoms with Crippen LogP contribution in [0.1, 0.15) is 47.8 Å². The molecule has 0 bridgehead atoms. The van der Waals surface area contributed by atoms with Crippen LogP contribution in [0.4, 0.5) is 5.88 Å². The number of nitrogen functional groups attached to an aromatic ring is 1. The summed E-state index contributed by atoms with van der Waals surface area (Å²) in [4.78, 5) is 12.0. The van der Waals surface area contributed by atoms with Crippen LogP contribution in [-0.2, 0) is 17.6 Å². The van der Waals surface area contributed by atoms with E-state index in [9.17, 15) is 4.79 Å². The van der Waals surface area contributed by atoms with Crippen molar-refractivity contribution >= 4 is 11.9 Å². The van der Waals surface area contributed by atoms with Gasteiger partial charge in [0.2, 0.25) is 5.88 Å². The highest BCUT2D eigenvalue weighted by Gasteiger charge is 2.17. The zero-order chi connectivity index (χ0) is 17.0. The maximum atomic E-state index is 12.0. The lowest BCUT2D eigenvalue weighted by Crippen LogP contribution is -2.23. The second-order valence-corrected chi connectivity index (χ2v) is 6.31. The molecule has 5 heteroatoms. The van der Waals surface area contributed by atoms with Crippen LogP contribution in [0.2, 0.25) is 0 Å². The predicted molar refractivity (Wildman–Crippen MR) is 86.9 cm³/mol. The van der Waals surface area contributed by atoms with Crippen molar-refractivity contribution in [2.24, 2.45) is 0 Å². The Balaban J connectivity index is 2.00. The highest BCUT2D eigenvalue weighted by Crippen LogP contribution is 2.20. The Morgan fingerprint density at radius 3 is 2.48 bits per heavy atom. The third kappa shape index (κ3) is 4.36. The molecule has 0 radical (unpaired) electrons. The molecule has 2 rings (SSSR count). The molecular weight excluding hydrogens is 292 g/mol. The van der Waals surface area contributed by atoms with Crippen LogP contribution >= 0.6 is 0 Å². The van der Waals surface area contributed by atoms with Crippen molar-refractivity contribution < 1.29 is 13.9 Å². The van der Waals surface area contributed by atoms with Gasteiger partial charge >= 0.3 is 5.97 Å². The molecule has 0 spiro atoms. The van der Waals surface area contributed by atoms with Crippen molar-refractivity contribution in [2.45, 2.75) is 39.2 Å². The Bertz CT molecular complexity index is 731. The number of hydrogen-bond acceptors (Lipinski definition) is 5. The number of rotatable bonds is 4. The minimum atomic E-state index is -0.509. The summed E-state index contributed by atoms with van der Waals surface area (Å²) in [5.41, 5.74) is 7.84. The molecule has 0 saturated heterocycles. The highest BCUT2D eigenvalue weighted by molar-refractivity contribution is 5.89. The van der Waals surface area contributed by atoms with Crippen LogP contribution in [-0.4, -0.2) is 11.6 Å². The van der Waals surface area contributed by atoms with E-state index in [0.29, 0.717) is 17.5 Å². The molecule has 0 aliphatic rings. The molecule has 0 fully saturated rings. The first-order valence-electron chi connectivity index (χ1n) is 7.38. The topological polar surface area (TPSA) is 89.2 Å². The van der Waals surface area contributed by atoms with E-state index in [-0.39, 0.29) is 11.9 Å². The van der Waals surface area contributed by atoms with Gasteiger partial charge in [0.1, 0.15) is 17.2 Å². The first-order valence-corrected chi connectivity index (χ1v) is 7.38. The average molecular weight is 312 g/mol. The number of aryl methyl sites for hydroxylation is 2. The summed E-state index contributed by atoms with van der Waals surface area (Å²) in [5, 5.41) is 9.03. The van der Waals surface area contributed by atoms with Crippen molar-refractivity contribution in [3.63, 3.8) is 0 Å². The number of benzene rings is 1. The van der Waals surface area contributed by atoms with Crippen LogP contribution in [0, 0.1) is 11.3 Å². The Kier molecular flexibility index (Phi) is 4.75. The molecule has 0 aliphatic heterocycles. The Morgan fingerprint density at radius 2 is 1.91 bits per heavy atom. The third-order valence-electron chi connectivity index (χ3n) is 3.28. The highest BCUT2D eigenvalue weighted by atomic mass is 16.6. The quantitative estimate of drug-likeness (QED) is 0.873. The molecule has 0 amide bonds. The minimum absolute atomic E-state index is 0.155. The number of carbonyl (C=O) groups is 1. The lowest BCUT2D eigenvalue weighted by atomic mass is 10.0. The Morgan fingerprint density at radius 1 is 1.26 bits per heavy atom. The van der Waals surface area contributed by atoms with Gasteiger partial charge in [-0.25, -0.2) is 4.79 Å². The first-order chi connectivity index (χ1) is 10.8. The molecular formula is C18H20N2O3. The summed E-state index contributed by atoms with van der Waals surface area (Å²) >= 11 is 0. The van der Waals surface area contributed by atoms with Crippen molar-refractivity contribution in [1.29, 1.82) is 5.26 Å². The van der Waals surface area contributed by atoms with Gasteiger partial charge in [-0.3, -0.25) is 0 Å². The number of furan rings is 1. The Labute approximate surface area is 135 Å². The van der Waals surface area contributed by atoms with Gasteiger partial charge in [-0.1, -0.05) is 12.1 Å². The summed E-state index contributed by atoms with van der Waals surface area (Å²) in [6.07, 6.45) is 2.89. The maximum Gasteiger partial charge on any atom is 0.338 e. The van der Waals surface area contributed by atoms with Gasteiger partial charge in [-0.05, 0) is 51.3 Å². The van der Waals surface area contributed by atoms with E-state index < -0.39 is 5.60 Å². The van der Waals surface area contributed by atoms with Crippen molar-refractivity contribution in [1.82, 2.24) is 0 Å². The number of hydrogen-bond donors (Lipinski definition) is 1. The first kappa shape index (κ1) is 16.6. The largest absolute Gasteiger partial charge is 0.456 e. The fraction of sp³-hybridized carbons (Fsp3) is 0.333. The molecule has 120 valence electrons. The number of nitrogens with zero attached hydrogens (tertiary/aromatic N) is 1. The van der Waals surface area contributed by atoms with Gasteiger partial charge in [0.05, 0.1) is 11.8 Å². The maximum absolute atomic E-state index is 12.0. The van der Waals surface area contributed by atoms with Crippen LogP contribution in [0.5, 0.6) is 0 Å². The summed E-state index contributed by atoms with van der Waals surface area (Å²) in [6, 6.07) is 9.31. The molecule has 23 heavy (non-hydrogen) atoms. The van der Waals surface area contributed by atoms with E-state index in [1.165, 1.54) is 6.26 Å². The summed E-state index contributed by atoms with van der Waals surface area (Å²) in [5.74, 6) is -0.179. The lowest BCUT2D eigenvalue weighted by Gasteiger charge is -2.19. The molecule has 2 N–H and O–H groups in total. The second-order valence-electron chi connectivity index (χ2n) is 6.31. The second kappa shape index (κ2) is 6.57. The molecule has 1 aromatic heterocycles.